The Morgan fingerprint density at radius 1 is 1.03 bits per heavy atom. The van der Waals surface area contributed by atoms with Crippen LogP contribution >= 0.6 is 0 Å². The van der Waals surface area contributed by atoms with E-state index in [9.17, 15) is 9.59 Å². The van der Waals surface area contributed by atoms with Gasteiger partial charge in [0.05, 0.1) is 12.0 Å². The maximum absolute atomic E-state index is 13.3. The van der Waals surface area contributed by atoms with Gasteiger partial charge in [0.15, 0.2) is 0 Å². The summed E-state index contributed by atoms with van der Waals surface area (Å²) in [6, 6.07) is 20.1. The molecule has 2 aliphatic rings. The highest BCUT2D eigenvalue weighted by molar-refractivity contribution is 5.88. The van der Waals surface area contributed by atoms with Crippen molar-refractivity contribution in [3.63, 3.8) is 0 Å². The number of benzene rings is 2. The second-order valence-electron chi connectivity index (χ2n) is 9.22. The van der Waals surface area contributed by atoms with E-state index in [0.717, 1.165) is 24.0 Å². The van der Waals surface area contributed by atoms with Crippen molar-refractivity contribution >= 4 is 12.0 Å². The van der Waals surface area contributed by atoms with Gasteiger partial charge in [-0.1, -0.05) is 60.7 Å². The van der Waals surface area contributed by atoms with Crippen molar-refractivity contribution in [3.8, 4) is 0 Å². The van der Waals surface area contributed by atoms with Crippen LogP contribution < -0.4 is 0 Å². The van der Waals surface area contributed by atoms with Gasteiger partial charge in [-0.3, -0.25) is 4.79 Å². The number of rotatable bonds is 4. The average Bonchev–Trinajstić information content (AvgIpc) is 3.19. The van der Waals surface area contributed by atoms with Gasteiger partial charge in [-0.15, -0.1) is 0 Å². The molecule has 2 aliphatic heterocycles. The first kappa shape index (κ1) is 20.5. The summed E-state index contributed by atoms with van der Waals surface area (Å²) in [6.45, 7) is 6.84. The van der Waals surface area contributed by atoms with Crippen LogP contribution in [0, 0.1) is 5.92 Å². The molecule has 0 radical (unpaired) electrons. The van der Waals surface area contributed by atoms with Gasteiger partial charge in [0.2, 0.25) is 5.91 Å². The third kappa shape index (κ3) is 4.07. The molecule has 0 unspecified atom stereocenters. The second kappa shape index (κ2) is 8.13. The van der Waals surface area contributed by atoms with Crippen LogP contribution in [0.1, 0.15) is 50.8 Å². The van der Waals surface area contributed by atoms with Crippen molar-refractivity contribution in [3.05, 3.63) is 71.8 Å². The van der Waals surface area contributed by atoms with Gasteiger partial charge in [0.25, 0.3) is 0 Å². The topological polar surface area (TPSA) is 49.9 Å². The smallest absolute Gasteiger partial charge is 0.410 e. The fourth-order valence-corrected chi connectivity index (χ4v) is 4.66. The third-order valence-electron chi connectivity index (χ3n) is 5.92. The molecule has 0 spiro atoms. The summed E-state index contributed by atoms with van der Waals surface area (Å²) in [5, 5.41) is 0. The number of hydrogen-bond donors (Lipinski definition) is 0. The molecule has 2 fully saturated rings. The fourth-order valence-electron chi connectivity index (χ4n) is 4.66. The van der Waals surface area contributed by atoms with Crippen LogP contribution in [-0.4, -0.2) is 40.0 Å². The number of hydrogen-bond acceptors (Lipinski definition) is 3. The molecule has 0 bridgehead atoms. The Hall–Kier alpha value is -2.82. The molecule has 5 heteroatoms. The van der Waals surface area contributed by atoms with E-state index in [2.05, 4.69) is 12.1 Å². The lowest BCUT2D eigenvalue weighted by atomic mass is 9.76. The Balaban J connectivity index is 1.60. The molecule has 0 saturated carbocycles. The number of amides is 2. The summed E-state index contributed by atoms with van der Waals surface area (Å²) in [4.78, 5) is 29.9. The van der Waals surface area contributed by atoms with E-state index in [4.69, 9.17) is 4.74 Å². The minimum absolute atomic E-state index is 0.0352. The molecule has 2 saturated heterocycles. The lowest BCUT2D eigenvalue weighted by Gasteiger charge is -2.51. The molecule has 3 atom stereocenters. The van der Waals surface area contributed by atoms with Crippen LogP contribution in [0.3, 0.4) is 0 Å². The summed E-state index contributed by atoms with van der Waals surface area (Å²) < 4.78 is 5.63. The van der Waals surface area contributed by atoms with E-state index < -0.39 is 5.60 Å². The number of ether oxygens (including phenoxy) is 1. The Morgan fingerprint density at radius 2 is 1.67 bits per heavy atom. The fraction of sp³-hybridized carbons (Fsp3) is 0.440. The molecule has 2 aromatic carbocycles. The lowest BCUT2D eigenvalue weighted by Crippen LogP contribution is -2.61. The number of carbonyl (C=O) groups excluding carboxylic acids is 2. The summed E-state index contributed by atoms with van der Waals surface area (Å²) in [7, 11) is 0. The molecule has 158 valence electrons. The molecule has 0 N–H and O–H groups in total. The number of carbonyl (C=O) groups is 2. The highest BCUT2D eigenvalue weighted by atomic mass is 16.6. The minimum Gasteiger partial charge on any atom is -0.444 e. The Labute approximate surface area is 178 Å². The van der Waals surface area contributed by atoms with Gasteiger partial charge in [-0.05, 0) is 44.7 Å². The van der Waals surface area contributed by atoms with Crippen LogP contribution in [-0.2, 0) is 16.1 Å². The molecule has 2 heterocycles. The van der Waals surface area contributed by atoms with Crippen molar-refractivity contribution in [2.24, 2.45) is 5.92 Å². The summed E-state index contributed by atoms with van der Waals surface area (Å²) in [5.74, 6) is -0.112. The minimum atomic E-state index is -0.550. The summed E-state index contributed by atoms with van der Waals surface area (Å²) in [5.41, 5.74) is 1.68. The summed E-state index contributed by atoms with van der Waals surface area (Å²) >= 11 is 0. The number of likely N-dealkylation sites (tertiary alicyclic amines) is 2. The maximum Gasteiger partial charge on any atom is 0.410 e. The molecule has 2 amide bonds. The van der Waals surface area contributed by atoms with Crippen molar-refractivity contribution in [1.29, 1.82) is 0 Å². The predicted molar refractivity (Wildman–Crippen MR) is 116 cm³/mol. The molecule has 5 nitrogen and oxygen atoms in total. The van der Waals surface area contributed by atoms with Gasteiger partial charge in [0.1, 0.15) is 5.60 Å². The van der Waals surface area contributed by atoms with Crippen molar-refractivity contribution < 1.29 is 14.3 Å². The van der Waals surface area contributed by atoms with Crippen LogP contribution in [0.2, 0.25) is 0 Å². The standard InChI is InChI=1S/C25H30N2O3/c1-25(2,3)30-24(29)26-16-10-15-20(26)21-22(19-13-8-5-9-14-19)27(23(21)28)17-18-11-6-4-7-12-18/h4-9,11-14,20-22H,10,15-17H2,1-3H3/t20-,21+,22+/m0/s1. The Bertz CT molecular complexity index is 892. The molecule has 0 aromatic heterocycles. The Morgan fingerprint density at radius 3 is 2.30 bits per heavy atom. The number of β-lactam (4-membered cyclic amide) rings is 1. The van der Waals surface area contributed by atoms with E-state index in [0.29, 0.717) is 13.1 Å². The normalized spacial score (nSPS) is 24.0. The predicted octanol–water partition coefficient (Wildman–Crippen LogP) is 4.79. The number of nitrogens with zero attached hydrogens (tertiary/aromatic N) is 2. The van der Waals surface area contributed by atoms with Crippen LogP contribution in [0.5, 0.6) is 0 Å². The molecule has 4 rings (SSSR count). The molecule has 2 aromatic rings. The molecule has 0 aliphatic carbocycles. The third-order valence-corrected chi connectivity index (χ3v) is 5.92. The van der Waals surface area contributed by atoms with Gasteiger partial charge < -0.3 is 14.5 Å². The quantitative estimate of drug-likeness (QED) is 0.686. The highest BCUT2D eigenvalue weighted by Crippen LogP contribution is 2.46. The second-order valence-corrected chi connectivity index (χ2v) is 9.22. The summed E-state index contributed by atoms with van der Waals surface area (Å²) in [6.07, 6.45) is 1.41. The van der Waals surface area contributed by atoms with E-state index in [-0.39, 0.29) is 30.0 Å². The van der Waals surface area contributed by atoms with Gasteiger partial charge in [-0.25, -0.2) is 4.79 Å². The van der Waals surface area contributed by atoms with E-state index in [1.54, 1.807) is 4.90 Å². The van der Waals surface area contributed by atoms with Gasteiger partial charge >= 0.3 is 6.09 Å². The van der Waals surface area contributed by atoms with E-state index >= 15 is 0 Å². The average molecular weight is 407 g/mol. The van der Waals surface area contributed by atoms with Crippen molar-refractivity contribution in [1.82, 2.24) is 9.80 Å². The zero-order valence-electron chi connectivity index (χ0n) is 18.0. The Kier molecular flexibility index (Phi) is 5.54. The first-order valence-electron chi connectivity index (χ1n) is 10.7. The van der Waals surface area contributed by atoms with Crippen LogP contribution in [0.15, 0.2) is 60.7 Å². The lowest BCUT2D eigenvalue weighted by molar-refractivity contribution is -0.162. The molecular formula is C25H30N2O3. The van der Waals surface area contributed by atoms with Crippen LogP contribution in [0.25, 0.3) is 0 Å². The van der Waals surface area contributed by atoms with Crippen molar-refractivity contribution in [2.45, 2.75) is 57.8 Å². The monoisotopic (exact) mass is 406 g/mol. The maximum atomic E-state index is 13.3. The molecule has 30 heavy (non-hydrogen) atoms. The zero-order chi connectivity index (χ0) is 21.3. The first-order valence-corrected chi connectivity index (χ1v) is 10.7. The van der Waals surface area contributed by atoms with Gasteiger partial charge in [-0.2, -0.15) is 0 Å². The zero-order valence-corrected chi connectivity index (χ0v) is 18.0. The molecular weight excluding hydrogens is 376 g/mol. The largest absolute Gasteiger partial charge is 0.444 e. The van der Waals surface area contributed by atoms with E-state index in [1.807, 2.05) is 74.2 Å². The van der Waals surface area contributed by atoms with Crippen molar-refractivity contribution in [2.75, 3.05) is 6.54 Å². The highest BCUT2D eigenvalue weighted by Gasteiger charge is 2.55. The SMILES string of the molecule is CC(C)(C)OC(=O)N1CCC[C@H]1[C@H]1C(=O)N(Cc2ccccc2)[C@@H]1c1ccccc1. The first-order chi connectivity index (χ1) is 14.3. The van der Waals surface area contributed by atoms with Gasteiger partial charge in [0, 0.05) is 19.1 Å². The van der Waals surface area contributed by atoms with Crippen LogP contribution in [0.4, 0.5) is 4.79 Å². The van der Waals surface area contributed by atoms with E-state index in [1.165, 1.54) is 0 Å².